The Balaban J connectivity index is 1.49. The molecule has 1 saturated heterocycles. The first-order valence-corrected chi connectivity index (χ1v) is 10.8. The largest absolute Gasteiger partial charge is 0.444 e. The molecule has 4 rings (SSSR count). The van der Waals surface area contributed by atoms with Crippen LogP contribution >= 0.6 is 0 Å². The highest BCUT2D eigenvalue weighted by atomic mass is 32.2. The molecule has 8 heteroatoms. The van der Waals surface area contributed by atoms with Crippen molar-refractivity contribution in [1.82, 2.24) is 14.2 Å². The average Bonchev–Trinajstić information content (AvgIpc) is 3.28. The Kier molecular flexibility index (Phi) is 5.21. The van der Waals surface area contributed by atoms with Gasteiger partial charge in [-0.15, -0.1) is 0 Å². The maximum Gasteiger partial charge on any atom is 0.253 e. The lowest BCUT2D eigenvalue weighted by atomic mass is 10.1. The van der Waals surface area contributed by atoms with E-state index >= 15 is 0 Å². The standard InChI is InChI=1S/C21H21N3O4S/c1-16-14-23(21(25)18-5-3-2-4-6-18)11-12-24(16)29(26,27)19-9-7-17(8-10-19)20-13-22-15-28-20/h2-10,13,15-16H,11-12,14H2,1H3. The van der Waals surface area contributed by atoms with Crippen LogP contribution in [0.2, 0.25) is 0 Å². The van der Waals surface area contributed by atoms with Gasteiger partial charge in [0.25, 0.3) is 5.91 Å². The van der Waals surface area contributed by atoms with Gasteiger partial charge in [-0.2, -0.15) is 4.31 Å². The number of hydrogen-bond acceptors (Lipinski definition) is 5. The lowest BCUT2D eigenvalue weighted by molar-refractivity contribution is 0.0642. The van der Waals surface area contributed by atoms with Gasteiger partial charge in [-0.05, 0) is 43.3 Å². The molecule has 2 heterocycles. The number of benzene rings is 2. The van der Waals surface area contributed by atoms with E-state index in [9.17, 15) is 13.2 Å². The van der Waals surface area contributed by atoms with Crippen molar-refractivity contribution in [2.24, 2.45) is 0 Å². The van der Waals surface area contributed by atoms with Gasteiger partial charge >= 0.3 is 0 Å². The maximum absolute atomic E-state index is 13.1. The molecule has 7 nitrogen and oxygen atoms in total. The Labute approximate surface area is 169 Å². The van der Waals surface area contributed by atoms with E-state index in [0.29, 0.717) is 24.4 Å². The third-order valence-electron chi connectivity index (χ3n) is 5.05. The number of amides is 1. The summed E-state index contributed by atoms with van der Waals surface area (Å²) >= 11 is 0. The minimum absolute atomic E-state index is 0.0779. The van der Waals surface area contributed by atoms with Crippen molar-refractivity contribution in [3.05, 3.63) is 72.8 Å². The predicted octanol–water partition coefficient (Wildman–Crippen LogP) is 2.88. The molecule has 29 heavy (non-hydrogen) atoms. The van der Waals surface area contributed by atoms with Gasteiger partial charge in [-0.1, -0.05) is 18.2 Å². The Morgan fingerprint density at radius 2 is 1.79 bits per heavy atom. The van der Waals surface area contributed by atoms with Crippen LogP contribution in [-0.4, -0.2) is 54.2 Å². The van der Waals surface area contributed by atoms with Gasteiger partial charge in [0.2, 0.25) is 10.0 Å². The smallest absolute Gasteiger partial charge is 0.253 e. The first-order chi connectivity index (χ1) is 14.0. The highest BCUT2D eigenvalue weighted by Gasteiger charge is 2.35. The SMILES string of the molecule is CC1CN(C(=O)c2ccccc2)CCN1S(=O)(=O)c1ccc(-c2cnco2)cc1. The molecule has 1 aliphatic rings. The Morgan fingerprint density at radius 3 is 2.41 bits per heavy atom. The fraction of sp³-hybridized carbons (Fsp3) is 0.238. The molecule has 0 aliphatic carbocycles. The van der Waals surface area contributed by atoms with Crippen molar-refractivity contribution in [3.8, 4) is 11.3 Å². The van der Waals surface area contributed by atoms with Crippen LogP contribution in [0.15, 0.2) is 76.5 Å². The molecule has 3 aromatic rings. The molecule has 0 saturated carbocycles. The second kappa shape index (κ2) is 7.81. The molecule has 1 amide bonds. The third-order valence-corrected chi connectivity index (χ3v) is 7.08. The highest BCUT2D eigenvalue weighted by Crippen LogP contribution is 2.25. The average molecular weight is 411 g/mol. The zero-order valence-corrected chi connectivity index (χ0v) is 16.7. The highest BCUT2D eigenvalue weighted by molar-refractivity contribution is 7.89. The maximum atomic E-state index is 13.1. The fourth-order valence-electron chi connectivity index (χ4n) is 3.53. The number of nitrogens with zero attached hydrogens (tertiary/aromatic N) is 3. The van der Waals surface area contributed by atoms with Gasteiger partial charge in [0.1, 0.15) is 0 Å². The summed E-state index contributed by atoms with van der Waals surface area (Å²) in [6.45, 7) is 2.79. The molecule has 0 radical (unpaired) electrons. The normalized spacial score (nSPS) is 18.0. The first kappa shape index (κ1) is 19.4. The van der Waals surface area contributed by atoms with Gasteiger partial charge in [0.15, 0.2) is 12.2 Å². The van der Waals surface area contributed by atoms with E-state index in [1.54, 1.807) is 47.5 Å². The van der Waals surface area contributed by atoms with Crippen molar-refractivity contribution in [2.45, 2.75) is 17.9 Å². The zero-order valence-electron chi connectivity index (χ0n) is 15.9. The van der Waals surface area contributed by atoms with Gasteiger partial charge < -0.3 is 9.32 Å². The summed E-state index contributed by atoms with van der Waals surface area (Å²) in [6, 6.07) is 15.3. The lowest BCUT2D eigenvalue weighted by Crippen LogP contribution is -2.55. The lowest BCUT2D eigenvalue weighted by Gasteiger charge is -2.39. The van der Waals surface area contributed by atoms with E-state index in [1.807, 2.05) is 25.1 Å². The van der Waals surface area contributed by atoms with Crippen molar-refractivity contribution in [1.29, 1.82) is 0 Å². The Morgan fingerprint density at radius 1 is 1.07 bits per heavy atom. The van der Waals surface area contributed by atoms with E-state index in [1.165, 1.54) is 10.7 Å². The monoisotopic (exact) mass is 411 g/mol. The van der Waals surface area contributed by atoms with Crippen LogP contribution in [0.1, 0.15) is 17.3 Å². The minimum atomic E-state index is -3.66. The number of aromatic nitrogens is 1. The third kappa shape index (κ3) is 3.81. The van der Waals surface area contributed by atoms with Crippen molar-refractivity contribution in [3.63, 3.8) is 0 Å². The topological polar surface area (TPSA) is 83.7 Å². The summed E-state index contributed by atoms with van der Waals surface area (Å²) in [5.41, 5.74) is 1.37. The number of carbonyl (C=O) groups excluding carboxylic acids is 1. The molecule has 1 atom stereocenters. The molecule has 1 aliphatic heterocycles. The van der Waals surface area contributed by atoms with Gasteiger partial charge in [-0.25, -0.2) is 13.4 Å². The molecular formula is C21H21N3O4S. The van der Waals surface area contributed by atoms with Gasteiger partial charge in [0, 0.05) is 36.8 Å². The summed E-state index contributed by atoms with van der Waals surface area (Å²) in [4.78, 5) is 18.5. The van der Waals surface area contributed by atoms with E-state index in [-0.39, 0.29) is 23.4 Å². The van der Waals surface area contributed by atoms with Gasteiger partial charge in [-0.3, -0.25) is 4.79 Å². The fourth-order valence-corrected chi connectivity index (χ4v) is 5.14. The van der Waals surface area contributed by atoms with Crippen LogP contribution in [0.3, 0.4) is 0 Å². The van der Waals surface area contributed by atoms with Crippen LogP contribution in [0.5, 0.6) is 0 Å². The van der Waals surface area contributed by atoms with E-state index in [4.69, 9.17) is 4.42 Å². The second-order valence-corrected chi connectivity index (χ2v) is 8.86. The number of oxazole rings is 1. The van der Waals surface area contributed by atoms with Crippen molar-refractivity contribution < 1.29 is 17.6 Å². The molecule has 0 spiro atoms. The van der Waals surface area contributed by atoms with E-state index in [0.717, 1.165) is 5.56 Å². The number of hydrogen-bond donors (Lipinski definition) is 0. The molecule has 0 bridgehead atoms. The summed E-state index contributed by atoms with van der Waals surface area (Å²) in [5, 5.41) is 0. The summed E-state index contributed by atoms with van der Waals surface area (Å²) in [5.74, 6) is 0.501. The predicted molar refractivity (Wildman–Crippen MR) is 108 cm³/mol. The van der Waals surface area contributed by atoms with Crippen LogP contribution in [0.25, 0.3) is 11.3 Å². The van der Waals surface area contributed by atoms with Crippen LogP contribution < -0.4 is 0 Å². The summed E-state index contributed by atoms with van der Waals surface area (Å²) in [6.07, 6.45) is 2.91. The van der Waals surface area contributed by atoms with Crippen molar-refractivity contribution >= 4 is 15.9 Å². The number of piperazine rings is 1. The van der Waals surface area contributed by atoms with Gasteiger partial charge in [0.05, 0.1) is 11.1 Å². The van der Waals surface area contributed by atoms with Crippen LogP contribution in [0.4, 0.5) is 0 Å². The molecule has 2 aromatic carbocycles. The molecule has 1 unspecified atom stereocenters. The van der Waals surface area contributed by atoms with Crippen LogP contribution in [-0.2, 0) is 10.0 Å². The Bertz CT molecular complexity index is 1080. The second-order valence-electron chi connectivity index (χ2n) is 6.97. The quantitative estimate of drug-likeness (QED) is 0.659. The zero-order chi connectivity index (χ0) is 20.4. The number of rotatable bonds is 4. The molecule has 1 fully saturated rings. The summed E-state index contributed by atoms with van der Waals surface area (Å²) < 4.78 is 33.0. The van der Waals surface area contributed by atoms with Crippen molar-refractivity contribution in [2.75, 3.05) is 19.6 Å². The first-order valence-electron chi connectivity index (χ1n) is 9.32. The number of carbonyl (C=O) groups is 1. The van der Waals surface area contributed by atoms with Crippen LogP contribution in [0, 0.1) is 0 Å². The van der Waals surface area contributed by atoms with E-state index < -0.39 is 10.0 Å². The van der Waals surface area contributed by atoms with E-state index in [2.05, 4.69) is 4.98 Å². The Hall–Kier alpha value is -2.97. The summed E-state index contributed by atoms with van der Waals surface area (Å²) in [7, 11) is -3.66. The molecule has 0 N–H and O–H groups in total. The minimum Gasteiger partial charge on any atom is -0.444 e. The molecular weight excluding hydrogens is 390 g/mol. The molecule has 1 aromatic heterocycles. The number of sulfonamides is 1. The molecule has 150 valence electrons.